The molecule has 1 rings (SSSR count). The molecular weight excluding hydrogens is 276 g/mol. The van der Waals surface area contributed by atoms with Gasteiger partial charge in [0.15, 0.2) is 0 Å². The van der Waals surface area contributed by atoms with Crippen molar-refractivity contribution in [2.24, 2.45) is 5.92 Å². The number of aromatic nitrogens is 2. The summed E-state index contributed by atoms with van der Waals surface area (Å²) in [6.07, 6.45) is -3.33. The van der Waals surface area contributed by atoms with Gasteiger partial charge < -0.3 is 21.1 Å². The third kappa shape index (κ3) is 3.00. The minimum atomic E-state index is -4.11. The van der Waals surface area contributed by atoms with Crippen LogP contribution in [0.3, 0.4) is 0 Å². The van der Waals surface area contributed by atoms with E-state index in [0.29, 0.717) is 0 Å². The molecule has 7 nitrogen and oxygen atoms in total. The number of alkyl halides is 2. The number of halogens is 2. The van der Waals surface area contributed by atoms with Crippen molar-refractivity contribution < 1.29 is 24.1 Å². The summed E-state index contributed by atoms with van der Waals surface area (Å²) in [5.41, 5.74) is 4.01. The van der Waals surface area contributed by atoms with Crippen molar-refractivity contribution in [3.05, 3.63) is 35.4 Å². The first kappa shape index (κ1) is 16.2. The SMILES string of the molecule is C=C[C@@H](CO)[C@@H](O)C(F)(F)[C@@H](O)n1ccc(N)nc1=O. The van der Waals surface area contributed by atoms with Crippen molar-refractivity contribution in [3.63, 3.8) is 0 Å². The molecule has 1 aromatic rings. The summed E-state index contributed by atoms with van der Waals surface area (Å²) < 4.78 is 28.1. The fourth-order valence-corrected chi connectivity index (χ4v) is 1.54. The molecule has 20 heavy (non-hydrogen) atoms. The lowest BCUT2D eigenvalue weighted by atomic mass is 9.97. The highest BCUT2D eigenvalue weighted by Gasteiger charge is 2.49. The molecule has 0 aromatic carbocycles. The van der Waals surface area contributed by atoms with Gasteiger partial charge in [0.2, 0.25) is 6.23 Å². The van der Waals surface area contributed by atoms with E-state index in [2.05, 4.69) is 11.6 Å². The third-order valence-electron chi connectivity index (χ3n) is 2.77. The van der Waals surface area contributed by atoms with Gasteiger partial charge in [0.1, 0.15) is 11.9 Å². The Labute approximate surface area is 112 Å². The average molecular weight is 291 g/mol. The van der Waals surface area contributed by atoms with Gasteiger partial charge in [-0.2, -0.15) is 13.8 Å². The van der Waals surface area contributed by atoms with Crippen molar-refractivity contribution in [1.29, 1.82) is 0 Å². The Kier molecular flexibility index (Phi) is 4.93. The number of nitrogens with two attached hydrogens (primary N) is 1. The molecule has 0 bridgehead atoms. The maximum atomic E-state index is 13.9. The minimum absolute atomic E-state index is 0.193. The van der Waals surface area contributed by atoms with E-state index in [9.17, 15) is 23.8 Å². The molecule has 0 radical (unpaired) electrons. The average Bonchev–Trinajstić information content (AvgIpc) is 2.39. The van der Waals surface area contributed by atoms with Crippen molar-refractivity contribution in [2.75, 3.05) is 12.3 Å². The van der Waals surface area contributed by atoms with E-state index in [1.54, 1.807) is 0 Å². The van der Waals surface area contributed by atoms with E-state index < -0.39 is 36.5 Å². The quantitative estimate of drug-likeness (QED) is 0.504. The van der Waals surface area contributed by atoms with Gasteiger partial charge in [0, 0.05) is 12.1 Å². The van der Waals surface area contributed by atoms with Crippen LogP contribution in [0.15, 0.2) is 29.7 Å². The summed E-state index contributed by atoms with van der Waals surface area (Å²) in [6, 6.07) is 1.05. The monoisotopic (exact) mass is 291 g/mol. The summed E-state index contributed by atoms with van der Waals surface area (Å²) in [7, 11) is 0. The number of hydrogen-bond donors (Lipinski definition) is 4. The Morgan fingerprint density at radius 1 is 1.55 bits per heavy atom. The molecule has 0 aliphatic rings. The molecule has 1 heterocycles. The van der Waals surface area contributed by atoms with Gasteiger partial charge in [0.25, 0.3) is 0 Å². The van der Waals surface area contributed by atoms with Gasteiger partial charge in [-0.3, -0.25) is 4.57 Å². The molecule has 0 spiro atoms. The Morgan fingerprint density at radius 3 is 2.60 bits per heavy atom. The van der Waals surface area contributed by atoms with Crippen LogP contribution in [-0.2, 0) is 0 Å². The van der Waals surface area contributed by atoms with Crippen LogP contribution in [0, 0.1) is 5.92 Å². The molecule has 3 atom stereocenters. The second-order valence-corrected chi connectivity index (χ2v) is 4.12. The van der Waals surface area contributed by atoms with Gasteiger partial charge in [-0.05, 0) is 6.07 Å². The first-order valence-electron chi connectivity index (χ1n) is 5.57. The number of anilines is 1. The first-order chi connectivity index (χ1) is 9.25. The molecule has 0 saturated carbocycles. The molecular formula is C11H15F2N3O4. The lowest BCUT2D eigenvalue weighted by Crippen LogP contribution is -2.48. The third-order valence-corrected chi connectivity index (χ3v) is 2.77. The zero-order chi connectivity index (χ0) is 15.5. The van der Waals surface area contributed by atoms with Crippen LogP contribution < -0.4 is 11.4 Å². The molecule has 1 aromatic heterocycles. The van der Waals surface area contributed by atoms with E-state index in [4.69, 9.17) is 10.8 Å². The maximum Gasteiger partial charge on any atom is 0.351 e. The molecule has 112 valence electrons. The Hall–Kier alpha value is -1.84. The van der Waals surface area contributed by atoms with Crippen LogP contribution >= 0.6 is 0 Å². The molecule has 0 unspecified atom stereocenters. The second kappa shape index (κ2) is 6.07. The highest BCUT2D eigenvalue weighted by atomic mass is 19.3. The number of nitrogen functional groups attached to an aromatic ring is 1. The standard InChI is InChI=1S/C11H15F2N3O4/c1-2-6(5-17)8(18)11(12,13)9(19)16-4-3-7(14)15-10(16)20/h2-4,6,8-9,17-19H,1,5H2,(H2,14,15,20)/t6-,8+,9+/m0/s1. The van der Waals surface area contributed by atoms with Gasteiger partial charge in [-0.1, -0.05) is 6.08 Å². The van der Waals surface area contributed by atoms with E-state index in [1.165, 1.54) is 0 Å². The fourth-order valence-electron chi connectivity index (χ4n) is 1.54. The molecule has 0 aliphatic heterocycles. The summed E-state index contributed by atoms with van der Waals surface area (Å²) in [6.45, 7) is 2.41. The van der Waals surface area contributed by atoms with Crippen LogP contribution in [0.1, 0.15) is 6.23 Å². The Balaban J connectivity index is 3.13. The predicted octanol–water partition coefficient (Wildman–Crippen LogP) is -0.893. The lowest BCUT2D eigenvalue weighted by molar-refractivity contribution is -0.215. The summed E-state index contributed by atoms with van der Waals surface area (Å²) >= 11 is 0. The van der Waals surface area contributed by atoms with Crippen LogP contribution in [0.5, 0.6) is 0 Å². The van der Waals surface area contributed by atoms with Crippen LogP contribution in [0.2, 0.25) is 0 Å². The smallest absolute Gasteiger partial charge is 0.351 e. The number of aliphatic hydroxyl groups is 3. The normalized spacial score (nSPS) is 16.4. The van der Waals surface area contributed by atoms with E-state index in [1.807, 2.05) is 0 Å². The zero-order valence-corrected chi connectivity index (χ0v) is 10.4. The predicted molar refractivity (Wildman–Crippen MR) is 65.9 cm³/mol. The minimum Gasteiger partial charge on any atom is -0.396 e. The molecule has 0 aliphatic carbocycles. The Bertz CT molecular complexity index is 535. The number of nitrogens with zero attached hydrogens (tertiary/aromatic N) is 2. The topological polar surface area (TPSA) is 122 Å². The number of aliphatic hydroxyl groups excluding tert-OH is 3. The van der Waals surface area contributed by atoms with Crippen molar-refractivity contribution in [1.82, 2.24) is 9.55 Å². The van der Waals surface area contributed by atoms with Crippen LogP contribution in [-0.4, -0.2) is 43.5 Å². The van der Waals surface area contributed by atoms with Crippen molar-refractivity contribution in [2.45, 2.75) is 18.3 Å². The van der Waals surface area contributed by atoms with Gasteiger partial charge in [-0.15, -0.1) is 6.58 Å². The van der Waals surface area contributed by atoms with Gasteiger partial charge in [0.05, 0.1) is 6.61 Å². The van der Waals surface area contributed by atoms with E-state index in [-0.39, 0.29) is 10.4 Å². The molecule has 0 amide bonds. The maximum absolute atomic E-state index is 13.9. The fraction of sp³-hybridized carbons (Fsp3) is 0.455. The largest absolute Gasteiger partial charge is 0.396 e. The summed E-state index contributed by atoms with van der Waals surface area (Å²) in [5.74, 6) is -5.66. The van der Waals surface area contributed by atoms with Gasteiger partial charge in [-0.25, -0.2) is 4.79 Å². The van der Waals surface area contributed by atoms with E-state index in [0.717, 1.165) is 18.3 Å². The first-order valence-corrected chi connectivity index (χ1v) is 5.57. The van der Waals surface area contributed by atoms with Crippen molar-refractivity contribution in [3.8, 4) is 0 Å². The molecule has 0 saturated heterocycles. The van der Waals surface area contributed by atoms with Crippen molar-refractivity contribution >= 4 is 5.82 Å². The summed E-state index contributed by atoms with van der Waals surface area (Å²) in [5, 5.41) is 28.0. The van der Waals surface area contributed by atoms with Gasteiger partial charge >= 0.3 is 11.6 Å². The van der Waals surface area contributed by atoms with Crippen LogP contribution in [0.25, 0.3) is 0 Å². The highest BCUT2D eigenvalue weighted by molar-refractivity contribution is 5.23. The lowest BCUT2D eigenvalue weighted by Gasteiger charge is -2.30. The van der Waals surface area contributed by atoms with E-state index >= 15 is 0 Å². The molecule has 9 heteroatoms. The number of hydrogen-bond acceptors (Lipinski definition) is 6. The molecule has 5 N–H and O–H groups in total. The summed E-state index contributed by atoms with van der Waals surface area (Å²) in [4.78, 5) is 14.6. The van der Waals surface area contributed by atoms with Crippen LogP contribution in [0.4, 0.5) is 14.6 Å². The molecule has 0 fully saturated rings. The highest BCUT2D eigenvalue weighted by Crippen LogP contribution is 2.33. The Morgan fingerprint density at radius 2 is 2.15 bits per heavy atom. The second-order valence-electron chi connectivity index (χ2n) is 4.12. The number of rotatable bonds is 6. The zero-order valence-electron chi connectivity index (χ0n) is 10.4.